The van der Waals surface area contributed by atoms with Crippen molar-refractivity contribution in [3.63, 3.8) is 0 Å². The van der Waals surface area contributed by atoms with Gasteiger partial charge in [0, 0.05) is 13.0 Å². The molecule has 0 aliphatic carbocycles. The molecule has 0 saturated carbocycles. The summed E-state index contributed by atoms with van der Waals surface area (Å²) in [5.41, 5.74) is 7.44. The third-order valence-electron chi connectivity index (χ3n) is 3.95. The summed E-state index contributed by atoms with van der Waals surface area (Å²) in [6.45, 7) is 2.09. The Kier molecular flexibility index (Phi) is 6.57. The van der Waals surface area contributed by atoms with E-state index in [4.69, 9.17) is 5.73 Å². The molecule has 0 spiro atoms. The van der Waals surface area contributed by atoms with Gasteiger partial charge in [-0.2, -0.15) is 0 Å². The summed E-state index contributed by atoms with van der Waals surface area (Å²) in [5, 5.41) is 2.64. The lowest BCUT2D eigenvalue weighted by atomic mass is 10.1. The molecule has 8 heteroatoms. The Bertz CT molecular complexity index is 924. The van der Waals surface area contributed by atoms with Crippen LogP contribution in [0.5, 0.6) is 0 Å². The molecule has 0 unspecified atom stereocenters. The summed E-state index contributed by atoms with van der Waals surface area (Å²) in [6, 6.07) is 13.6. The van der Waals surface area contributed by atoms with E-state index in [9.17, 15) is 18.0 Å². The van der Waals surface area contributed by atoms with Gasteiger partial charge in [-0.05, 0) is 37.6 Å². The van der Waals surface area contributed by atoms with E-state index < -0.39 is 15.9 Å². The predicted molar refractivity (Wildman–Crippen MR) is 106 cm³/mol. The van der Waals surface area contributed by atoms with E-state index >= 15 is 0 Å². The maximum atomic E-state index is 12.2. The Morgan fingerprint density at radius 1 is 1.07 bits per heavy atom. The Morgan fingerprint density at radius 2 is 1.70 bits per heavy atom. The van der Waals surface area contributed by atoms with E-state index in [1.54, 1.807) is 30.3 Å². The fraction of sp³-hybridized carbons (Fsp3) is 0.263. The first-order chi connectivity index (χ1) is 12.7. The molecule has 0 aromatic heterocycles. The second kappa shape index (κ2) is 8.68. The minimum atomic E-state index is -3.47. The second-order valence-electron chi connectivity index (χ2n) is 6.23. The zero-order chi connectivity index (χ0) is 20.0. The van der Waals surface area contributed by atoms with Gasteiger partial charge in [0.15, 0.2) is 0 Å². The summed E-state index contributed by atoms with van der Waals surface area (Å²) in [4.78, 5) is 23.6. The number of rotatable bonds is 8. The monoisotopic (exact) mass is 389 g/mol. The molecular weight excluding hydrogens is 366 g/mol. The zero-order valence-electron chi connectivity index (χ0n) is 15.3. The lowest BCUT2D eigenvalue weighted by Gasteiger charge is -2.22. The standard InChI is InChI=1S/C19H23N3O4S/c1-14-9-11-15(12-10-14)22(27(2,25)26)13-5-8-18(23)21-17-7-4-3-6-16(17)19(20)24/h3-4,6-7,9-12H,5,8,13H2,1-2H3,(H2,20,24)(H,21,23). The molecule has 0 fully saturated rings. The summed E-state index contributed by atoms with van der Waals surface area (Å²) in [6.07, 6.45) is 1.56. The molecule has 2 aromatic rings. The van der Waals surface area contributed by atoms with E-state index in [1.807, 2.05) is 19.1 Å². The summed E-state index contributed by atoms with van der Waals surface area (Å²) in [5.74, 6) is -0.949. The lowest BCUT2D eigenvalue weighted by Crippen LogP contribution is -2.31. The number of carbonyl (C=O) groups is 2. The van der Waals surface area contributed by atoms with Crippen LogP contribution in [0.25, 0.3) is 0 Å². The van der Waals surface area contributed by atoms with Gasteiger partial charge >= 0.3 is 0 Å². The average molecular weight is 389 g/mol. The number of primary amides is 1. The largest absolute Gasteiger partial charge is 0.366 e. The van der Waals surface area contributed by atoms with Crippen LogP contribution >= 0.6 is 0 Å². The second-order valence-corrected chi connectivity index (χ2v) is 8.14. The van der Waals surface area contributed by atoms with Gasteiger partial charge in [0.25, 0.3) is 5.91 Å². The van der Waals surface area contributed by atoms with E-state index in [1.165, 1.54) is 10.4 Å². The number of amides is 2. The number of para-hydroxylation sites is 1. The van der Waals surface area contributed by atoms with Gasteiger partial charge in [-0.3, -0.25) is 13.9 Å². The number of nitrogens with zero attached hydrogens (tertiary/aromatic N) is 1. The zero-order valence-corrected chi connectivity index (χ0v) is 16.1. The van der Waals surface area contributed by atoms with Crippen molar-refractivity contribution in [2.45, 2.75) is 19.8 Å². The molecule has 144 valence electrons. The van der Waals surface area contributed by atoms with Crippen molar-refractivity contribution in [3.8, 4) is 0 Å². The van der Waals surface area contributed by atoms with Gasteiger partial charge in [-0.15, -0.1) is 0 Å². The Hall–Kier alpha value is -2.87. The van der Waals surface area contributed by atoms with Crippen molar-refractivity contribution < 1.29 is 18.0 Å². The van der Waals surface area contributed by atoms with Crippen LogP contribution in [0.3, 0.4) is 0 Å². The van der Waals surface area contributed by atoms with E-state index in [-0.39, 0.29) is 24.4 Å². The molecule has 2 amide bonds. The van der Waals surface area contributed by atoms with Crippen molar-refractivity contribution in [1.82, 2.24) is 0 Å². The van der Waals surface area contributed by atoms with Crippen LogP contribution in [0, 0.1) is 6.92 Å². The predicted octanol–water partition coefficient (Wildman–Crippen LogP) is 2.28. The van der Waals surface area contributed by atoms with Crippen LogP contribution in [-0.2, 0) is 14.8 Å². The molecule has 0 radical (unpaired) electrons. The molecule has 2 rings (SSSR count). The third kappa shape index (κ3) is 5.82. The van der Waals surface area contributed by atoms with Crippen LogP contribution in [0.15, 0.2) is 48.5 Å². The summed E-state index contributed by atoms with van der Waals surface area (Å²) in [7, 11) is -3.47. The molecule has 0 bridgehead atoms. The van der Waals surface area contributed by atoms with Crippen LogP contribution in [0.2, 0.25) is 0 Å². The molecule has 0 saturated heterocycles. The smallest absolute Gasteiger partial charge is 0.250 e. The number of hydrogen-bond donors (Lipinski definition) is 2. The van der Waals surface area contributed by atoms with Crippen LogP contribution < -0.4 is 15.4 Å². The van der Waals surface area contributed by atoms with Crippen molar-refractivity contribution in [1.29, 1.82) is 0 Å². The highest BCUT2D eigenvalue weighted by Gasteiger charge is 2.18. The van der Waals surface area contributed by atoms with Gasteiger partial charge in [0.2, 0.25) is 15.9 Å². The molecule has 7 nitrogen and oxygen atoms in total. The summed E-state index contributed by atoms with van der Waals surface area (Å²) >= 11 is 0. The van der Waals surface area contributed by atoms with Crippen molar-refractivity contribution in [2.75, 3.05) is 22.4 Å². The van der Waals surface area contributed by atoms with E-state index in [0.717, 1.165) is 11.8 Å². The maximum absolute atomic E-state index is 12.2. The van der Waals surface area contributed by atoms with Gasteiger partial charge in [-0.25, -0.2) is 8.42 Å². The van der Waals surface area contributed by atoms with Crippen molar-refractivity contribution in [3.05, 3.63) is 59.7 Å². The molecule has 3 N–H and O–H groups in total. The lowest BCUT2D eigenvalue weighted by molar-refractivity contribution is -0.116. The number of nitrogens with one attached hydrogen (secondary N) is 1. The normalized spacial score (nSPS) is 11.0. The van der Waals surface area contributed by atoms with Gasteiger partial charge in [0.1, 0.15) is 0 Å². The van der Waals surface area contributed by atoms with Crippen molar-refractivity contribution >= 4 is 33.2 Å². The third-order valence-corrected chi connectivity index (χ3v) is 5.15. The van der Waals surface area contributed by atoms with Crippen LogP contribution in [0.4, 0.5) is 11.4 Å². The fourth-order valence-corrected chi connectivity index (χ4v) is 3.57. The molecule has 0 atom stereocenters. The van der Waals surface area contributed by atoms with Crippen LogP contribution in [-0.4, -0.2) is 33.0 Å². The minimum Gasteiger partial charge on any atom is -0.366 e. The molecular formula is C19H23N3O4S. The maximum Gasteiger partial charge on any atom is 0.250 e. The highest BCUT2D eigenvalue weighted by Crippen LogP contribution is 2.19. The Morgan fingerprint density at radius 3 is 2.30 bits per heavy atom. The van der Waals surface area contributed by atoms with E-state index in [0.29, 0.717) is 17.8 Å². The fourth-order valence-electron chi connectivity index (χ4n) is 2.60. The van der Waals surface area contributed by atoms with E-state index in [2.05, 4.69) is 5.32 Å². The quantitative estimate of drug-likeness (QED) is 0.722. The number of carbonyl (C=O) groups excluding carboxylic acids is 2. The molecule has 0 aliphatic heterocycles. The number of nitrogens with two attached hydrogens (primary N) is 1. The first-order valence-electron chi connectivity index (χ1n) is 8.41. The number of sulfonamides is 1. The molecule has 2 aromatic carbocycles. The number of benzene rings is 2. The minimum absolute atomic E-state index is 0.102. The Balaban J connectivity index is 2.00. The van der Waals surface area contributed by atoms with Crippen LogP contribution in [0.1, 0.15) is 28.8 Å². The molecule has 27 heavy (non-hydrogen) atoms. The van der Waals surface area contributed by atoms with Gasteiger partial charge in [-0.1, -0.05) is 29.8 Å². The molecule has 0 heterocycles. The topological polar surface area (TPSA) is 110 Å². The van der Waals surface area contributed by atoms with Gasteiger partial charge < -0.3 is 11.1 Å². The highest BCUT2D eigenvalue weighted by molar-refractivity contribution is 7.92. The average Bonchev–Trinajstić information content (AvgIpc) is 2.59. The highest BCUT2D eigenvalue weighted by atomic mass is 32.2. The Labute approximate surface area is 159 Å². The first kappa shape index (κ1) is 20.4. The first-order valence-corrected chi connectivity index (χ1v) is 10.3. The van der Waals surface area contributed by atoms with Crippen molar-refractivity contribution in [2.24, 2.45) is 5.73 Å². The number of aryl methyl sites for hydroxylation is 1. The van der Waals surface area contributed by atoms with Gasteiger partial charge in [0.05, 0.1) is 23.2 Å². The summed E-state index contributed by atoms with van der Waals surface area (Å²) < 4.78 is 25.4. The molecule has 0 aliphatic rings. The number of hydrogen-bond acceptors (Lipinski definition) is 4. The number of anilines is 2. The SMILES string of the molecule is Cc1ccc(N(CCCC(=O)Nc2ccccc2C(N)=O)S(C)(=O)=O)cc1.